The van der Waals surface area contributed by atoms with Crippen molar-refractivity contribution < 1.29 is 4.79 Å². The Morgan fingerprint density at radius 3 is 2.42 bits per heavy atom. The van der Waals surface area contributed by atoms with Crippen molar-refractivity contribution in [2.45, 2.75) is 46.0 Å². The number of aromatic nitrogens is 2. The van der Waals surface area contributed by atoms with Crippen LogP contribution in [-0.2, 0) is 25.7 Å². The van der Waals surface area contributed by atoms with E-state index in [9.17, 15) is 4.79 Å². The highest BCUT2D eigenvalue weighted by Crippen LogP contribution is 2.38. The molecule has 0 amide bonds. The van der Waals surface area contributed by atoms with Gasteiger partial charge in [0.05, 0.1) is 11.4 Å². The first-order chi connectivity index (χ1) is 16.1. The molecule has 3 heteroatoms. The predicted octanol–water partition coefficient (Wildman–Crippen LogP) is 6.32. The Kier molecular flexibility index (Phi) is 5.87. The Balaban J connectivity index is 1.52. The topological polar surface area (TPSA) is 42.9 Å². The van der Waals surface area contributed by atoms with Gasteiger partial charge in [-0.2, -0.15) is 0 Å². The third-order valence-corrected chi connectivity index (χ3v) is 6.46. The average molecular weight is 433 g/mol. The molecule has 1 aliphatic rings. The number of rotatable bonds is 7. The zero-order valence-corrected chi connectivity index (χ0v) is 19.3. The van der Waals surface area contributed by atoms with Crippen LogP contribution in [-0.4, -0.2) is 15.8 Å². The zero-order valence-electron chi connectivity index (χ0n) is 19.3. The molecule has 0 aliphatic heterocycles. The minimum absolute atomic E-state index is 0.184. The Bertz CT molecular complexity index is 1310. The fourth-order valence-corrected chi connectivity index (χ4v) is 4.65. The minimum Gasteiger partial charge on any atom is -0.294 e. The molecule has 1 aliphatic carbocycles. The number of nitrogens with zero attached hydrogens (tertiary/aromatic N) is 2. The molecule has 0 N–H and O–H groups in total. The first-order valence-corrected chi connectivity index (χ1v) is 11.8. The van der Waals surface area contributed by atoms with Gasteiger partial charge < -0.3 is 0 Å². The summed E-state index contributed by atoms with van der Waals surface area (Å²) in [6.45, 7) is 4.03. The molecule has 0 unspecified atom stereocenters. The van der Waals surface area contributed by atoms with Gasteiger partial charge in [-0.25, -0.2) is 9.97 Å². The van der Waals surface area contributed by atoms with E-state index < -0.39 is 0 Å². The van der Waals surface area contributed by atoms with E-state index in [4.69, 9.17) is 9.97 Å². The number of fused-ring (bicyclic) bond motifs is 3. The molecule has 0 spiro atoms. The number of benzene rings is 3. The summed E-state index contributed by atoms with van der Waals surface area (Å²) in [6.07, 6.45) is 3.81. The van der Waals surface area contributed by atoms with E-state index in [0.29, 0.717) is 6.42 Å². The molecule has 5 rings (SSSR count). The van der Waals surface area contributed by atoms with E-state index in [0.717, 1.165) is 48.5 Å². The van der Waals surface area contributed by atoms with Crippen LogP contribution in [0, 0.1) is 6.92 Å². The highest BCUT2D eigenvalue weighted by molar-refractivity contribution is 5.97. The van der Waals surface area contributed by atoms with E-state index in [1.807, 2.05) is 19.1 Å². The third-order valence-electron chi connectivity index (χ3n) is 6.46. The summed E-state index contributed by atoms with van der Waals surface area (Å²) in [5.41, 5.74) is 10.3. The second-order valence-electron chi connectivity index (χ2n) is 8.88. The summed E-state index contributed by atoms with van der Waals surface area (Å²) in [6, 6.07) is 25.3. The summed E-state index contributed by atoms with van der Waals surface area (Å²) >= 11 is 0. The van der Waals surface area contributed by atoms with Crippen LogP contribution in [0.3, 0.4) is 0 Å². The highest BCUT2D eigenvalue weighted by atomic mass is 16.1. The van der Waals surface area contributed by atoms with E-state index >= 15 is 0 Å². The van der Waals surface area contributed by atoms with Crippen molar-refractivity contribution in [2.75, 3.05) is 0 Å². The smallest absolute Gasteiger partial charge is 0.162 e. The molecule has 0 saturated heterocycles. The number of carbonyl (C=O) groups is 1. The number of ketones is 1. The van der Waals surface area contributed by atoms with Crippen LogP contribution >= 0.6 is 0 Å². The highest BCUT2D eigenvalue weighted by Gasteiger charge is 2.25. The molecule has 0 saturated carbocycles. The van der Waals surface area contributed by atoms with E-state index in [1.54, 1.807) is 0 Å². The molecule has 0 atom stereocenters. The van der Waals surface area contributed by atoms with Gasteiger partial charge in [0.25, 0.3) is 0 Å². The Hall–Kier alpha value is -3.59. The number of hydrogen-bond donors (Lipinski definition) is 0. The van der Waals surface area contributed by atoms with Crippen LogP contribution in [0.4, 0.5) is 0 Å². The molecule has 3 aromatic carbocycles. The molecule has 0 fully saturated rings. The first kappa shape index (κ1) is 21.3. The molecule has 1 heterocycles. The molecule has 0 bridgehead atoms. The molecule has 1 aromatic heterocycles. The fraction of sp³-hybridized carbons (Fsp3) is 0.233. The Morgan fingerprint density at radius 1 is 0.879 bits per heavy atom. The Morgan fingerprint density at radius 2 is 1.67 bits per heavy atom. The second kappa shape index (κ2) is 9.11. The van der Waals surface area contributed by atoms with Crippen molar-refractivity contribution >= 4 is 5.78 Å². The molecular weight excluding hydrogens is 404 g/mol. The number of Topliss-reactive ketones (excluding diaryl/α,β-unsaturated/α-hetero) is 1. The van der Waals surface area contributed by atoms with Gasteiger partial charge in [-0.3, -0.25) is 4.79 Å². The molecular formula is C30H28N2O. The van der Waals surface area contributed by atoms with Gasteiger partial charge in [-0.1, -0.05) is 79.2 Å². The molecule has 33 heavy (non-hydrogen) atoms. The lowest BCUT2D eigenvalue weighted by molar-refractivity contribution is 0.0988. The minimum atomic E-state index is 0.184. The summed E-state index contributed by atoms with van der Waals surface area (Å²) in [7, 11) is 0. The predicted molar refractivity (Wildman–Crippen MR) is 133 cm³/mol. The van der Waals surface area contributed by atoms with E-state index in [2.05, 4.69) is 67.6 Å². The lowest BCUT2D eigenvalue weighted by Gasteiger charge is -2.12. The van der Waals surface area contributed by atoms with Crippen molar-refractivity contribution in [1.82, 2.24) is 9.97 Å². The van der Waals surface area contributed by atoms with Crippen molar-refractivity contribution in [3.8, 4) is 11.1 Å². The van der Waals surface area contributed by atoms with Gasteiger partial charge in [0, 0.05) is 30.4 Å². The maximum absolute atomic E-state index is 12.3. The fourth-order valence-electron chi connectivity index (χ4n) is 4.65. The number of hydrogen-bond acceptors (Lipinski definition) is 3. The Labute approximate surface area is 195 Å². The van der Waals surface area contributed by atoms with Crippen LogP contribution in [0.1, 0.15) is 63.2 Å². The zero-order chi connectivity index (χ0) is 22.8. The standard InChI is InChI=1S/C30H28N2O/c1-3-28(33)23-14-15-25-24(18-23)19-27-30(25)26(16-13-21-11-9-20(2)10-12-21)31-29(32-27)17-22-7-5-4-6-8-22/h4-12,14-15,18H,3,13,16-17,19H2,1-2H3. The SMILES string of the molecule is CCC(=O)c1ccc2c(c1)Cc1nc(Cc3ccccc3)nc(CCc3ccc(C)cc3)c1-2. The second-order valence-corrected chi connectivity index (χ2v) is 8.88. The lowest BCUT2D eigenvalue weighted by atomic mass is 9.98. The van der Waals surface area contributed by atoms with Gasteiger partial charge >= 0.3 is 0 Å². The molecule has 0 radical (unpaired) electrons. The average Bonchev–Trinajstić information content (AvgIpc) is 3.21. The van der Waals surface area contributed by atoms with Crippen LogP contribution in [0.2, 0.25) is 0 Å². The summed E-state index contributed by atoms with van der Waals surface area (Å²) < 4.78 is 0. The van der Waals surface area contributed by atoms with Crippen LogP contribution < -0.4 is 0 Å². The molecule has 4 aromatic rings. The van der Waals surface area contributed by atoms with Crippen molar-refractivity contribution in [2.24, 2.45) is 0 Å². The lowest BCUT2D eigenvalue weighted by Crippen LogP contribution is -2.07. The van der Waals surface area contributed by atoms with Crippen molar-refractivity contribution in [3.63, 3.8) is 0 Å². The normalized spacial score (nSPS) is 11.8. The van der Waals surface area contributed by atoms with Crippen LogP contribution in [0.25, 0.3) is 11.1 Å². The van der Waals surface area contributed by atoms with Gasteiger partial charge in [0.2, 0.25) is 0 Å². The van der Waals surface area contributed by atoms with Crippen LogP contribution in [0.15, 0.2) is 72.8 Å². The monoisotopic (exact) mass is 432 g/mol. The summed E-state index contributed by atoms with van der Waals surface area (Å²) in [4.78, 5) is 22.3. The van der Waals surface area contributed by atoms with E-state index in [-0.39, 0.29) is 5.78 Å². The maximum Gasteiger partial charge on any atom is 0.162 e. The van der Waals surface area contributed by atoms with E-state index in [1.165, 1.54) is 33.4 Å². The van der Waals surface area contributed by atoms with Gasteiger partial charge in [-0.15, -0.1) is 0 Å². The van der Waals surface area contributed by atoms with Crippen molar-refractivity contribution in [3.05, 3.63) is 118 Å². The quantitative estimate of drug-likeness (QED) is 0.282. The summed E-state index contributed by atoms with van der Waals surface area (Å²) in [5.74, 6) is 1.06. The molecule has 164 valence electrons. The number of aryl methyl sites for hydroxylation is 3. The number of carbonyl (C=O) groups excluding carboxylic acids is 1. The third kappa shape index (κ3) is 4.49. The van der Waals surface area contributed by atoms with Gasteiger partial charge in [0.1, 0.15) is 5.82 Å². The first-order valence-electron chi connectivity index (χ1n) is 11.8. The largest absolute Gasteiger partial charge is 0.294 e. The van der Waals surface area contributed by atoms with Crippen LogP contribution in [0.5, 0.6) is 0 Å². The molecule has 3 nitrogen and oxygen atoms in total. The maximum atomic E-state index is 12.3. The van der Waals surface area contributed by atoms with Gasteiger partial charge in [0.15, 0.2) is 5.78 Å². The summed E-state index contributed by atoms with van der Waals surface area (Å²) in [5, 5.41) is 0. The van der Waals surface area contributed by atoms with Gasteiger partial charge in [-0.05, 0) is 48.1 Å². The van der Waals surface area contributed by atoms with Crippen molar-refractivity contribution in [1.29, 1.82) is 0 Å².